The third-order valence-corrected chi connectivity index (χ3v) is 5.37. The number of carbonyl (C=O) groups excluding carboxylic acids is 1. The van der Waals surface area contributed by atoms with E-state index in [1.807, 2.05) is 0 Å². The molecule has 0 radical (unpaired) electrons. The molecule has 0 bridgehead atoms. The van der Waals surface area contributed by atoms with Gasteiger partial charge >= 0.3 is 0 Å². The Bertz CT molecular complexity index is 291. The number of rotatable bonds is 5. The zero-order valence-electron chi connectivity index (χ0n) is 13.1. The molecule has 3 N–H and O–H groups in total. The van der Waals surface area contributed by atoms with E-state index < -0.39 is 0 Å². The molecule has 2 saturated carbocycles. The van der Waals surface area contributed by atoms with Crippen molar-refractivity contribution >= 4 is 5.91 Å². The van der Waals surface area contributed by atoms with Gasteiger partial charge in [-0.2, -0.15) is 0 Å². The summed E-state index contributed by atoms with van der Waals surface area (Å²) in [6.45, 7) is 2.21. The van der Waals surface area contributed by atoms with Gasteiger partial charge < -0.3 is 11.1 Å². The first kappa shape index (κ1) is 15.8. The van der Waals surface area contributed by atoms with Crippen LogP contribution in [0.4, 0.5) is 0 Å². The Morgan fingerprint density at radius 1 is 1.10 bits per heavy atom. The van der Waals surface area contributed by atoms with Crippen LogP contribution in [0.5, 0.6) is 0 Å². The normalized spacial score (nSPS) is 29.9. The van der Waals surface area contributed by atoms with Gasteiger partial charge in [-0.3, -0.25) is 4.79 Å². The maximum Gasteiger partial charge on any atom is 0.220 e. The van der Waals surface area contributed by atoms with Crippen LogP contribution in [0.2, 0.25) is 0 Å². The second-order valence-electron chi connectivity index (χ2n) is 6.97. The lowest BCUT2D eigenvalue weighted by Gasteiger charge is -2.31. The Hall–Kier alpha value is -0.570. The van der Waals surface area contributed by atoms with Crippen LogP contribution < -0.4 is 11.1 Å². The van der Waals surface area contributed by atoms with Gasteiger partial charge in [-0.25, -0.2) is 0 Å². The van der Waals surface area contributed by atoms with E-state index in [1.54, 1.807) is 0 Å². The van der Waals surface area contributed by atoms with Crippen LogP contribution in [-0.4, -0.2) is 18.0 Å². The fraction of sp³-hybridized carbons (Fsp3) is 0.941. The van der Waals surface area contributed by atoms with Crippen LogP contribution >= 0.6 is 0 Å². The lowest BCUT2D eigenvalue weighted by atomic mass is 9.82. The number of amides is 1. The second kappa shape index (κ2) is 8.02. The van der Waals surface area contributed by atoms with Crippen molar-refractivity contribution in [1.82, 2.24) is 5.32 Å². The maximum absolute atomic E-state index is 12.3. The van der Waals surface area contributed by atoms with E-state index in [-0.39, 0.29) is 5.91 Å². The summed E-state index contributed by atoms with van der Waals surface area (Å²) in [5, 5.41) is 3.32. The van der Waals surface area contributed by atoms with Crippen molar-refractivity contribution in [2.45, 2.75) is 89.6 Å². The van der Waals surface area contributed by atoms with Crippen LogP contribution in [0.25, 0.3) is 0 Å². The standard InChI is InChI=1S/C17H32N2O/c1-2-16(14-6-4-3-5-7-14)19-17(20)12-13-8-10-15(18)11-9-13/h13-16H,2-12,18H2,1H3,(H,19,20). The van der Waals surface area contributed by atoms with Gasteiger partial charge in [0.2, 0.25) is 5.91 Å². The summed E-state index contributed by atoms with van der Waals surface area (Å²) in [5.74, 6) is 1.57. The maximum atomic E-state index is 12.3. The van der Waals surface area contributed by atoms with Gasteiger partial charge in [-0.05, 0) is 56.8 Å². The first-order valence-corrected chi connectivity index (χ1v) is 8.74. The molecule has 0 saturated heterocycles. The molecule has 0 aromatic rings. The summed E-state index contributed by atoms with van der Waals surface area (Å²) in [4.78, 5) is 12.3. The summed E-state index contributed by atoms with van der Waals surface area (Å²) in [5.41, 5.74) is 5.93. The monoisotopic (exact) mass is 280 g/mol. The minimum absolute atomic E-state index is 0.280. The molecule has 0 aromatic carbocycles. The summed E-state index contributed by atoms with van der Waals surface area (Å²) in [6, 6.07) is 0.786. The molecule has 1 amide bonds. The lowest BCUT2D eigenvalue weighted by molar-refractivity contribution is -0.123. The average Bonchev–Trinajstić information content (AvgIpc) is 2.48. The van der Waals surface area contributed by atoms with Gasteiger partial charge in [0.25, 0.3) is 0 Å². The quantitative estimate of drug-likeness (QED) is 0.811. The summed E-state index contributed by atoms with van der Waals surface area (Å²) < 4.78 is 0. The zero-order valence-corrected chi connectivity index (χ0v) is 13.1. The fourth-order valence-electron chi connectivity index (χ4n) is 4.01. The van der Waals surface area contributed by atoms with Crippen molar-refractivity contribution in [3.05, 3.63) is 0 Å². The number of nitrogens with one attached hydrogen (secondary N) is 1. The predicted molar refractivity (Wildman–Crippen MR) is 83.3 cm³/mol. The molecule has 2 aliphatic rings. The van der Waals surface area contributed by atoms with Crippen molar-refractivity contribution in [2.24, 2.45) is 17.6 Å². The van der Waals surface area contributed by atoms with Gasteiger partial charge in [-0.1, -0.05) is 26.2 Å². The Morgan fingerprint density at radius 2 is 1.75 bits per heavy atom. The number of hydrogen-bond donors (Lipinski definition) is 2. The Morgan fingerprint density at radius 3 is 2.35 bits per heavy atom. The van der Waals surface area contributed by atoms with E-state index in [4.69, 9.17) is 5.73 Å². The largest absolute Gasteiger partial charge is 0.353 e. The van der Waals surface area contributed by atoms with Gasteiger partial charge in [0, 0.05) is 18.5 Å². The average molecular weight is 280 g/mol. The minimum atomic E-state index is 0.280. The topological polar surface area (TPSA) is 55.1 Å². The molecule has 0 heterocycles. The molecule has 3 nitrogen and oxygen atoms in total. The molecule has 2 fully saturated rings. The minimum Gasteiger partial charge on any atom is -0.353 e. The summed E-state index contributed by atoms with van der Waals surface area (Å²) in [6.07, 6.45) is 12.9. The first-order valence-electron chi connectivity index (χ1n) is 8.74. The Labute approximate surface area is 124 Å². The molecule has 2 rings (SSSR count). The highest BCUT2D eigenvalue weighted by Gasteiger charge is 2.25. The van der Waals surface area contributed by atoms with Crippen LogP contribution in [0.15, 0.2) is 0 Å². The summed E-state index contributed by atoms with van der Waals surface area (Å²) in [7, 11) is 0. The van der Waals surface area contributed by atoms with E-state index in [0.717, 1.165) is 44.4 Å². The van der Waals surface area contributed by atoms with Gasteiger partial charge in [0.05, 0.1) is 0 Å². The molecule has 20 heavy (non-hydrogen) atoms. The lowest BCUT2D eigenvalue weighted by Crippen LogP contribution is -2.41. The SMILES string of the molecule is CCC(NC(=O)CC1CCC(N)CC1)C1CCCCC1. The highest BCUT2D eigenvalue weighted by Crippen LogP contribution is 2.29. The van der Waals surface area contributed by atoms with Crippen LogP contribution in [0.3, 0.4) is 0 Å². The molecular formula is C17H32N2O. The van der Waals surface area contributed by atoms with E-state index in [0.29, 0.717) is 18.0 Å². The fourth-order valence-corrected chi connectivity index (χ4v) is 4.01. The summed E-state index contributed by atoms with van der Waals surface area (Å²) >= 11 is 0. The highest BCUT2D eigenvalue weighted by molar-refractivity contribution is 5.76. The first-order chi connectivity index (χ1) is 9.69. The van der Waals surface area contributed by atoms with E-state index in [9.17, 15) is 4.79 Å². The Balaban J connectivity index is 1.74. The zero-order chi connectivity index (χ0) is 14.4. The molecular weight excluding hydrogens is 248 g/mol. The smallest absolute Gasteiger partial charge is 0.220 e. The predicted octanol–water partition coefficient (Wildman–Crippen LogP) is 3.37. The molecule has 0 aromatic heterocycles. The van der Waals surface area contributed by atoms with Crippen molar-refractivity contribution in [2.75, 3.05) is 0 Å². The molecule has 0 aliphatic heterocycles. The van der Waals surface area contributed by atoms with E-state index in [2.05, 4.69) is 12.2 Å². The number of carbonyl (C=O) groups is 1. The van der Waals surface area contributed by atoms with E-state index in [1.165, 1.54) is 32.1 Å². The van der Waals surface area contributed by atoms with Gasteiger partial charge in [0.1, 0.15) is 0 Å². The Kier molecular flexibility index (Phi) is 6.34. The van der Waals surface area contributed by atoms with Crippen LogP contribution in [-0.2, 0) is 4.79 Å². The van der Waals surface area contributed by atoms with Crippen molar-refractivity contribution in [3.8, 4) is 0 Å². The molecule has 1 unspecified atom stereocenters. The molecule has 1 atom stereocenters. The van der Waals surface area contributed by atoms with E-state index >= 15 is 0 Å². The molecule has 2 aliphatic carbocycles. The second-order valence-corrected chi connectivity index (χ2v) is 6.97. The molecule has 116 valence electrons. The van der Waals surface area contributed by atoms with Crippen LogP contribution in [0.1, 0.15) is 77.6 Å². The van der Waals surface area contributed by atoms with Crippen LogP contribution in [0, 0.1) is 11.8 Å². The van der Waals surface area contributed by atoms with Gasteiger partial charge in [-0.15, -0.1) is 0 Å². The van der Waals surface area contributed by atoms with Crippen molar-refractivity contribution in [3.63, 3.8) is 0 Å². The molecule has 3 heteroatoms. The number of nitrogens with two attached hydrogens (primary N) is 1. The van der Waals surface area contributed by atoms with Crippen molar-refractivity contribution in [1.29, 1.82) is 0 Å². The van der Waals surface area contributed by atoms with Crippen molar-refractivity contribution < 1.29 is 4.79 Å². The molecule has 0 spiro atoms. The van der Waals surface area contributed by atoms with Gasteiger partial charge in [0.15, 0.2) is 0 Å². The third kappa shape index (κ3) is 4.76. The number of hydrogen-bond acceptors (Lipinski definition) is 2. The third-order valence-electron chi connectivity index (χ3n) is 5.37. The highest BCUT2D eigenvalue weighted by atomic mass is 16.1.